The van der Waals surface area contributed by atoms with Crippen molar-refractivity contribution in [3.63, 3.8) is 0 Å². The van der Waals surface area contributed by atoms with Gasteiger partial charge in [-0.3, -0.25) is 16.3 Å². The van der Waals surface area contributed by atoms with E-state index in [-0.39, 0.29) is 5.91 Å². The molecule has 0 atom stereocenters. The molecular formula is C14H17N3O2. The number of ether oxygens (including phenoxy) is 1. The van der Waals surface area contributed by atoms with Gasteiger partial charge < -0.3 is 10.1 Å². The third-order valence-corrected chi connectivity index (χ3v) is 3.62. The summed E-state index contributed by atoms with van der Waals surface area (Å²) in [5.74, 6) is 0.590. The number of carbonyl (C=O) groups is 1. The molecule has 1 saturated carbocycles. The number of carbonyl (C=O) groups excluding carboxylic acids is 1. The smallest absolute Gasteiger partial charge is 0.253 e. The maximum Gasteiger partial charge on any atom is 0.253 e. The first kappa shape index (κ1) is 12.2. The molecule has 100 valence electrons. The van der Waals surface area contributed by atoms with Crippen LogP contribution in [-0.2, 0) is 4.79 Å². The van der Waals surface area contributed by atoms with Gasteiger partial charge in [0.1, 0.15) is 17.6 Å². The van der Waals surface area contributed by atoms with Crippen LogP contribution in [0.25, 0.3) is 6.08 Å². The van der Waals surface area contributed by atoms with E-state index in [1.807, 2.05) is 31.2 Å². The molecule has 0 unspecified atom stereocenters. The summed E-state index contributed by atoms with van der Waals surface area (Å²) in [5, 5.41) is 2.53. The van der Waals surface area contributed by atoms with E-state index in [9.17, 15) is 4.79 Å². The second kappa shape index (κ2) is 4.08. The minimum Gasteiger partial charge on any atom is -0.482 e. The Labute approximate surface area is 111 Å². The van der Waals surface area contributed by atoms with Gasteiger partial charge in [-0.05, 0) is 37.5 Å². The van der Waals surface area contributed by atoms with Crippen LogP contribution >= 0.6 is 0 Å². The van der Waals surface area contributed by atoms with Gasteiger partial charge in [-0.25, -0.2) is 0 Å². The zero-order chi connectivity index (χ0) is 13.6. The van der Waals surface area contributed by atoms with Crippen molar-refractivity contribution < 1.29 is 9.53 Å². The Morgan fingerprint density at radius 3 is 2.79 bits per heavy atom. The van der Waals surface area contributed by atoms with E-state index in [4.69, 9.17) is 16.2 Å². The van der Waals surface area contributed by atoms with Gasteiger partial charge >= 0.3 is 0 Å². The predicted molar refractivity (Wildman–Crippen MR) is 72.1 cm³/mol. The Hall–Kier alpha value is -1.85. The number of aryl methyl sites for hydroxylation is 1. The van der Waals surface area contributed by atoms with Crippen LogP contribution < -0.4 is 21.5 Å². The third kappa shape index (κ3) is 2.01. The number of hydrogen-bond acceptors (Lipinski definition) is 4. The normalized spacial score (nSPS) is 18.6. The number of fused-ring (bicyclic) bond motifs is 1. The summed E-state index contributed by atoms with van der Waals surface area (Å²) in [7, 11) is 0. The molecule has 3 rings (SSSR count). The van der Waals surface area contributed by atoms with Gasteiger partial charge in [0.25, 0.3) is 5.91 Å². The summed E-state index contributed by atoms with van der Waals surface area (Å²) >= 11 is 0. The summed E-state index contributed by atoms with van der Waals surface area (Å²) in [4.78, 5) is 12.2. The molecule has 0 radical (unpaired) electrons. The highest BCUT2D eigenvalue weighted by Crippen LogP contribution is 2.51. The van der Waals surface area contributed by atoms with Gasteiger partial charge in [0, 0.05) is 5.56 Å². The molecule has 5 heteroatoms. The molecule has 0 aromatic heterocycles. The molecule has 1 aromatic rings. The van der Waals surface area contributed by atoms with Crippen LogP contribution in [0.4, 0.5) is 0 Å². The SMILES string of the molecule is Cc1cccc2c1C=C(C(=O)NC(N)N)C1(CC1)O2. The Balaban J connectivity index is 2.02. The molecule has 1 aliphatic heterocycles. The van der Waals surface area contributed by atoms with Crippen molar-refractivity contribution in [2.75, 3.05) is 0 Å². The lowest BCUT2D eigenvalue weighted by molar-refractivity contribution is -0.119. The minimum absolute atomic E-state index is 0.249. The quantitative estimate of drug-likeness (QED) is 0.679. The summed E-state index contributed by atoms with van der Waals surface area (Å²) in [6, 6.07) is 5.88. The van der Waals surface area contributed by atoms with E-state index in [1.54, 1.807) is 0 Å². The molecule has 2 aliphatic rings. The number of nitrogens with one attached hydrogen (secondary N) is 1. The maximum absolute atomic E-state index is 12.2. The second-order valence-corrected chi connectivity index (χ2v) is 5.14. The molecule has 0 bridgehead atoms. The number of nitrogens with two attached hydrogens (primary N) is 2. The molecule has 1 spiro atoms. The molecule has 5 N–H and O–H groups in total. The lowest BCUT2D eigenvalue weighted by atomic mass is 9.96. The Morgan fingerprint density at radius 1 is 1.42 bits per heavy atom. The van der Waals surface area contributed by atoms with Gasteiger partial charge in [-0.15, -0.1) is 0 Å². The monoisotopic (exact) mass is 259 g/mol. The van der Waals surface area contributed by atoms with Crippen molar-refractivity contribution in [1.29, 1.82) is 0 Å². The first-order valence-corrected chi connectivity index (χ1v) is 6.35. The lowest BCUT2D eigenvalue weighted by Gasteiger charge is -2.28. The highest BCUT2D eigenvalue weighted by molar-refractivity contribution is 6.02. The molecular weight excluding hydrogens is 242 g/mol. The van der Waals surface area contributed by atoms with Gasteiger partial charge in [0.05, 0.1) is 5.57 Å². The predicted octanol–water partition coefficient (Wildman–Crippen LogP) is 0.621. The van der Waals surface area contributed by atoms with Crippen molar-refractivity contribution >= 4 is 12.0 Å². The summed E-state index contributed by atoms with van der Waals surface area (Å²) in [6.45, 7) is 1.99. The zero-order valence-electron chi connectivity index (χ0n) is 10.8. The summed E-state index contributed by atoms with van der Waals surface area (Å²) in [5.41, 5.74) is 13.0. The van der Waals surface area contributed by atoms with E-state index in [0.29, 0.717) is 5.57 Å². The fourth-order valence-corrected chi connectivity index (χ4v) is 2.46. The van der Waals surface area contributed by atoms with Crippen LogP contribution in [0, 0.1) is 6.92 Å². The lowest BCUT2D eigenvalue weighted by Crippen LogP contribution is -2.50. The number of hydrogen-bond donors (Lipinski definition) is 3. The standard InChI is InChI=1S/C14H17N3O2/c1-8-3-2-4-11-9(8)7-10(12(18)17-13(15)16)14(19-11)5-6-14/h2-4,7,13H,5-6,15-16H2,1H3,(H,17,18). The van der Waals surface area contributed by atoms with Crippen molar-refractivity contribution in [2.24, 2.45) is 11.5 Å². The van der Waals surface area contributed by atoms with Gasteiger partial charge in [-0.2, -0.15) is 0 Å². The van der Waals surface area contributed by atoms with Gasteiger partial charge in [-0.1, -0.05) is 12.1 Å². The Kier molecular flexibility index (Phi) is 2.62. The Morgan fingerprint density at radius 2 is 2.16 bits per heavy atom. The highest BCUT2D eigenvalue weighted by Gasteiger charge is 2.53. The van der Waals surface area contributed by atoms with E-state index < -0.39 is 11.9 Å². The maximum atomic E-state index is 12.2. The number of amides is 1. The largest absolute Gasteiger partial charge is 0.482 e. The molecule has 1 aromatic carbocycles. The van der Waals surface area contributed by atoms with Crippen LogP contribution in [0.5, 0.6) is 5.75 Å². The zero-order valence-corrected chi connectivity index (χ0v) is 10.8. The number of benzene rings is 1. The van der Waals surface area contributed by atoms with E-state index in [2.05, 4.69) is 5.32 Å². The molecule has 1 heterocycles. The van der Waals surface area contributed by atoms with E-state index in [1.165, 1.54) is 0 Å². The fourth-order valence-electron chi connectivity index (χ4n) is 2.46. The Bertz CT molecular complexity index is 574. The number of rotatable bonds is 2. The van der Waals surface area contributed by atoms with E-state index >= 15 is 0 Å². The van der Waals surface area contributed by atoms with Gasteiger partial charge in [0.2, 0.25) is 0 Å². The molecule has 1 amide bonds. The summed E-state index contributed by atoms with van der Waals surface area (Å²) in [6.07, 6.45) is 2.74. The van der Waals surface area contributed by atoms with Crippen LogP contribution in [0.1, 0.15) is 24.0 Å². The first-order valence-electron chi connectivity index (χ1n) is 6.35. The van der Waals surface area contributed by atoms with Crippen LogP contribution in [0.2, 0.25) is 0 Å². The summed E-state index contributed by atoms with van der Waals surface area (Å²) < 4.78 is 6.02. The van der Waals surface area contributed by atoms with Crippen molar-refractivity contribution in [1.82, 2.24) is 5.32 Å². The average Bonchev–Trinajstić information content (AvgIpc) is 3.07. The minimum atomic E-state index is -0.859. The van der Waals surface area contributed by atoms with Crippen LogP contribution in [0.3, 0.4) is 0 Å². The van der Waals surface area contributed by atoms with Crippen molar-refractivity contribution in [2.45, 2.75) is 31.7 Å². The topological polar surface area (TPSA) is 90.4 Å². The highest BCUT2D eigenvalue weighted by atomic mass is 16.5. The van der Waals surface area contributed by atoms with E-state index in [0.717, 1.165) is 29.7 Å². The first-order chi connectivity index (χ1) is 9.02. The molecule has 5 nitrogen and oxygen atoms in total. The molecule has 1 fully saturated rings. The second-order valence-electron chi connectivity index (χ2n) is 5.14. The third-order valence-electron chi connectivity index (χ3n) is 3.62. The average molecular weight is 259 g/mol. The van der Waals surface area contributed by atoms with Crippen molar-refractivity contribution in [3.8, 4) is 5.75 Å². The molecule has 19 heavy (non-hydrogen) atoms. The molecule has 1 aliphatic carbocycles. The van der Waals surface area contributed by atoms with Gasteiger partial charge in [0.15, 0.2) is 0 Å². The molecule has 0 saturated heterocycles. The van der Waals surface area contributed by atoms with Crippen LogP contribution in [0.15, 0.2) is 23.8 Å². The van der Waals surface area contributed by atoms with Crippen molar-refractivity contribution in [3.05, 3.63) is 34.9 Å². The van der Waals surface area contributed by atoms with Crippen LogP contribution in [-0.4, -0.2) is 17.8 Å². The fraction of sp³-hybridized carbons (Fsp3) is 0.357.